The minimum Gasteiger partial charge on any atom is -0.497 e. The molecule has 0 saturated carbocycles. The average Bonchev–Trinajstić information content (AvgIpc) is 2.45. The Morgan fingerprint density at radius 3 is 2.58 bits per heavy atom. The zero-order valence-corrected chi connectivity index (χ0v) is 10.9. The topological polar surface area (TPSA) is 55.8 Å². The van der Waals surface area contributed by atoms with E-state index in [2.05, 4.69) is 4.74 Å². The third-order valence-corrected chi connectivity index (χ3v) is 3.13. The first-order valence-corrected chi connectivity index (χ1v) is 6.01. The molecule has 0 aromatic heterocycles. The van der Waals surface area contributed by atoms with Gasteiger partial charge in [0.15, 0.2) is 6.79 Å². The maximum absolute atomic E-state index is 11.6. The Hall–Kier alpha value is -2.07. The Morgan fingerprint density at radius 2 is 1.89 bits per heavy atom. The number of benzene rings is 2. The van der Waals surface area contributed by atoms with Gasteiger partial charge in [-0.25, -0.2) is 0 Å². The number of carbonyl (C=O) groups excluding carboxylic acids is 1. The molecule has 100 valence electrons. The first-order valence-electron chi connectivity index (χ1n) is 6.01. The van der Waals surface area contributed by atoms with Gasteiger partial charge in [-0.3, -0.25) is 4.79 Å². The number of fused-ring (bicyclic) bond motifs is 1. The highest BCUT2D eigenvalue weighted by Crippen LogP contribution is 2.25. The van der Waals surface area contributed by atoms with Crippen LogP contribution in [0.2, 0.25) is 0 Å². The predicted octanol–water partition coefficient (Wildman–Crippen LogP) is 2.44. The zero-order chi connectivity index (χ0) is 13.8. The molecule has 2 aromatic carbocycles. The van der Waals surface area contributed by atoms with Crippen LogP contribution in [0.5, 0.6) is 5.75 Å². The molecular formula is C15H16O4. The van der Waals surface area contributed by atoms with Gasteiger partial charge in [0.05, 0.1) is 13.0 Å². The molecule has 19 heavy (non-hydrogen) atoms. The third kappa shape index (κ3) is 2.85. The SMILES string of the molecule is COc1ccc2cc(C(C)C(=O)OCO)ccc2c1. The van der Waals surface area contributed by atoms with E-state index in [0.717, 1.165) is 22.1 Å². The molecule has 2 rings (SSSR count). The number of aliphatic hydroxyl groups excluding tert-OH is 1. The average molecular weight is 260 g/mol. The summed E-state index contributed by atoms with van der Waals surface area (Å²) in [7, 11) is 1.63. The van der Waals surface area contributed by atoms with Crippen LogP contribution in [0, 0.1) is 0 Å². The van der Waals surface area contributed by atoms with Crippen LogP contribution in [-0.4, -0.2) is 25.0 Å². The predicted molar refractivity (Wildman–Crippen MR) is 72.1 cm³/mol. The highest BCUT2D eigenvalue weighted by atomic mass is 16.6. The fourth-order valence-corrected chi connectivity index (χ4v) is 1.96. The number of methoxy groups -OCH3 is 1. The number of hydrogen-bond acceptors (Lipinski definition) is 4. The lowest BCUT2D eigenvalue weighted by Crippen LogP contribution is -2.13. The minimum absolute atomic E-state index is 0.404. The monoisotopic (exact) mass is 260 g/mol. The number of rotatable bonds is 4. The fourth-order valence-electron chi connectivity index (χ4n) is 1.96. The molecule has 1 unspecified atom stereocenters. The van der Waals surface area contributed by atoms with E-state index in [1.165, 1.54) is 0 Å². The van der Waals surface area contributed by atoms with Gasteiger partial charge in [-0.05, 0) is 35.4 Å². The molecular weight excluding hydrogens is 244 g/mol. The highest BCUT2D eigenvalue weighted by Gasteiger charge is 2.16. The first-order chi connectivity index (χ1) is 9.15. The molecule has 0 bridgehead atoms. The van der Waals surface area contributed by atoms with Gasteiger partial charge in [-0.15, -0.1) is 0 Å². The lowest BCUT2D eigenvalue weighted by Gasteiger charge is -2.11. The standard InChI is InChI=1S/C15H16O4/c1-10(15(17)19-9-16)11-3-4-13-8-14(18-2)6-5-12(13)7-11/h3-8,10,16H,9H2,1-2H3. The molecule has 4 nitrogen and oxygen atoms in total. The maximum Gasteiger partial charge on any atom is 0.315 e. The van der Waals surface area contributed by atoms with E-state index in [0.29, 0.717) is 0 Å². The number of hydrogen-bond donors (Lipinski definition) is 1. The van der Waals surface area contributed by atoms with Crippen LogP contribution < -0.4 is 4.74 Å². The Balaban J connectivity index is 2.33. The minimum atomic E-state index is -0.589. The third-order valence-electron chi connectivity index (χ3n) is 3.13. The molecule has 0 fully saturated rings. The van der Waals surface area contributed by atoms with E-state index in [4.69, 9.17) is 9.84 Å². The second-order valence-corrected chi connectivity index (χ2v) is 4.29. The number of carbonyl (C=O) groups is 1. The van der Waals surface area contributed by atoms with E-state index < -0.39 is 18.7 Å². The van der Waals surface area contributed by atoms with Gasteiger partial charge in [-0.1, -0.05) is 24.3 Å². The van der Waals surface area contributed by atoms with Gasteiger partial charge in [0.2, 0.25) is 0 Å². The molecule has 0 aliphatic carbocycles. The van der Waals surface area contributed by atoms with Crippen molar-refractivity contribution in [3.8, 4) is 5.75 Å². The molecule has 0 heterocycles. The van der Waals surface area contributed by atoms with Crippen molar-refractivity contribution in [2.45, 2.75) is 12.8 Å². The van der Waals surface area contributed by atoms with Crippen molar-refractivity contribution in [1.82, 2.24) is 0 Å². The van der Waals surface area contributed by atoms with Crippen molar-refractivity contribution in [2.24, 2.45) is 0 Å². The molecule has 0 saturated heterocycles. The summed E-state index contributed by atoms with van der Waals surface area (Å²) in [6, 6.07) is 11.5. The van der Waals surface area contributed by atoms with Crippen LogP contribution in [0.4, 0.5) is 0 Å². The van der Waals surface area contributed by atoms with Crippen LogP contribution in [0.1, 0.15) is 18.4 Å². The molecule has 0 spiro atoms. The van der Waals surface area contributed by atoms with E-state index >= 15 is 0 Å². The fraction of sp³-hybridized carbons (Fsp3) is 0.267. The lowest BCUT2D eigenvalue weighted by molar-refractivity contribution is -0.153. The number of aliphatic hydroxyl groups is 1. The van der Waals surface area contributed by atoms with E-state index in [1.807, 2.05) is 36.4 Å². The molecule has 1 atom stereocenters. The van der Waals surface area contributed by atoms with Crippen molar-refractivity contribution in [1.29, 1.82) is 0 Å². The Labute approximate surface area is 111 Å². The largest absolute Gasteiger partial charge is 0.497 e. The van der Waals surface area contributed by atoms with Crippen molar-refractivity contribution >= 4 is 16.7 Å². The van der Waals surface area contributed by atoms with Crippen LogP contribution in [0.15, 0.2) is 36.4 Å². The Kier molecular flexibility index (Phi) is 4.02. The van der Waals surface area contributed by atoms with Gasteiger partial charge >= 0.3 is 5.97 Å². The van der Waals surface area contributed by atoms with Crippen LogP contribution >= 0.6 is 0 Å². The van der Waals surface area contributed by atoms with Crippen LogP contribution in [-0.2, 0) is 9.53 Å². The first kappa shape index (κ1) is 13.4. The molecule has 4 heteroatoms. The second kappa shape index (κ2) is 5.71. The van der Waals surface area contributed by atoms with Crippen molar-refractivity contribution in [2.75, 3.05) is 13.9 Å². The van der Waals surface area contributed by atoms with Crippen molar-refractivity contribution in [3.05, 3.63) is 42.0 Å². The second-order valence-electron chi connectivity index (χ2n) is 4.29. The number of ether oxygens (including phenoxy) is 2. The van der Waals surface area contributed by atoms with Gasteiger partial charge in [0.25, 0.3) is 0 Å². The molecule has 1 N–H and O–H groups in total. The molecule has 0 radical (unpaired) electrons. The molecule has 0 aliphatic rings. The van der Waals surface area contributed by atoms with E-state index in [9.17, 15) is 4.79 Å². The summed E-state index contributed by atoms with van der Waals surface area (Å²) < 4.78 is 9.77. The molecule has 0 amide bonds. The quantitative estimate of drug-likeness (QED) is 0.677. The number of esters is 1. The van der Waals surface area contributed by atoms with Gasteiger partial charge < -0.3 is 14.6 Å². The molecule has 0 aliphatic heterocycles. The van der Waals surface area contributed by atoms with Crippen molar-refractivity contribution in [3.63, 3.8) is 0 Å². The Bertz CT molecular complexity index is 592. The smallest absolute Gasteiger partial charge is 0.315 e. The van der Waals surface area contributed by atoms with E-state index in [-0.39, 0.29) is 0 Å². The summed E-state index contributed by atoms with van der Waals surface area (Å²) in [6.45, 7) is 1.16. The Morgan fingerprint density at radius 1 is 1.21 bits per heavy atom. The summed E-state index contributed by atoms with van der Waals surface area (Å²) >= 11 is 0. The summed E-state index contributed by atoms with van der Waals surface area (Å²) in [5, 5.41) is 10.7. The van der Waals surface area contributed by atoms with Gasteiger partial charge in [0, 0.05) is 0 Å². The summed E-state index contributed by atoms with van der Waals surface area (Å²) in [6.07, 6.45) is 0. The van der Waals surface area contributed by atoms with Gasteiger partial charge in [0.1, 0.15) is 5.75 Å². The molecule has 2 aromatic rings. The van der Waals surface area contributed by atoms with Crippen LogP contribution in [0.3, 0.4) is 0 Å². The highest BCUT2D eigenvalue weighted by molar-refractivity contribution is 5.86. The maximum atomic E-state index is 11.6. The summed E-state index contributed by atoms with van der Waals surface area (Å²) in [4.78, 5) is 11.6. The summed E-state index contributed by atoms with van der Waals surface area (Å²) in [5.74, 6) is -0.0398. The normalized spacial score (nSPS) is 12.2. The van der Waals surface area contributed by atoms with Gasteiger partial charge in [-0.2, -0.15) is 0 Å². The van der Waals surface area contributed by atoms with E-state index in [1.54, 1.807) is 14.0 Å². The lowest BCUT2D eigenvalue weighted by atomic mass is 9.98. The van der Waals surface area contributed by atoms with Crippen LogP contribution in [0.25, 0.3) is 10.8 Å². The summed E-state index contributed by atoms with van der Waals surface area (Å²) in [5.41, 5.74) is 0.858. The van der Waals surface area contributed by atoms with Crippen molar-refractivity contribution < 1.29 is 19.4 Å². The zero-order valence-electron chi connectivity index (χ0n) is 10.9.